The lowest BCUT2D eigenvalue weighted by Crippen LogP contribution is -2.37. The Morgan fingerprint density at radius 3 is 2.29 bits per heavy atom. The monoisotopic (exact) mass is 462 g/mol. The summed E-state index contributed by atoms with van der Waals surface area (Å²) in [6.07, 6.45) is -4.55. The average Bonchev–Trinajstić information content (AvgIpc) is 2.99. The van der Waals surface area contributed by atoms with E-state index in [1.54, 1.807) is 0 Å². The Bertz CT molecular complexity index is 1110. The number of aliphatic carboxylic acids is 1. The van der Waals surface area contributed by atoms with Gasteiger partial charge in [0.15, 0.2) is 0 Å². The molecule has 13 heteroatoms. The van der Waals surface area contributed by atoms with E-state index in [2.05, 4.69) is 0 Å². The van der Waals surface area contributed by atoms with E-state index in [9.17, 15) is 41.8 Å². The van der Waals surface area contributed by atoms with Crippen molar-refractivity contribution in [2.24, 2.45) is 0 Å². The van der Waals surface area contributed by atoms with Crippen LogP contribution in [-0.2, 0) is 29.0 Å². The van der Waals surface area contributed by atoms with Gasteiger partial charge in [-0.3, -0.25) is 23.5 Å². The molecule has 1 aromatic heterocycles. The van der Waals surface area contributed by atoms with Crippen LogP contribution in [0.1, 0.15) is 32.7 Å². The van der Waals surface area contributed by atoms with E-state index in [-0.39, 0.29) is 29.1 Å². The Kier molecular flexibility index (Phi) is 5.78. The van der Waals surface area contributed by atoms with Crippen molar-refractivity contribution < 1.29 is 42.1 Å². The molecular weight excluding hydrogens is 445 g/mol. The Balaban J connectivity index is 2.08. The predicted molar refractivity (Wildman–Crippen MR) is 103 cm³/mol. The summed E-state index contributed by atoms with van der Waals surface area (Å²) in [6, 6.07) is 3.89. The fourth-order valence-corrected chi connectivity index (χ4v) is 4.86. The quantitative estimate of drug-likeness (QED) is 0.457. The van der Waals surface area contributed by atoms with Crippen LogP contribution in [0.3, 0.4) is 0 Å². The first-order valence-corrected chi connectivity index (χ1v) is 10.6. The van der Waals surface area contributed by atoms with Gasteiger partial charge in [0, 0.05) is 11.3 Å². The number of hydrogen-bond donors (Lipinski definition) is 5. The highest BCUT2D eigenvalue weighted by molar-refractivity contribution is 8.23. The Morgan fingerprint density at radius 2 is 1.74 bits per heavy atom. The number of alkyl halides is 3. The highest BCUT2D eigenvalue weighted by Gasteiger charge is 2.35. The summed E-state index contributed by atoms with van der Waals surface area (Å²) in [4.78, 5) is 35.9. The molecule has 9 nitrogen and oxygen atoms in total. The number of aromatic nitrogens is 1. The number of amides is 1. The van der Waals surface area contributed by atoms with Crippen molar-refractivity contribution in [1.82, 2.24) is 9.88 Å². The zero-order valence-corrected chi connectivity index (χ0v) is 16.5. The third-order valence-electron chi connectivity index (χ3n) is 4.65. The Labute approximate surface area is 174 Å². The number of halogens is 3. The molecule has 1 aromatic carbocycles. The molecular formula is C18H17F3N2O7S. The van der Waals surface area contributed by atoms with Gasteiger partial charge in [-0.1, -0.05) is 12.1 Å². The van der Waals surface area contributed by atoms with E-state index >= 15 is 0 Å². The van der Waals surface area contributed by atoms with Crippen LogP contribution in [0.15, 0.2) is 29.1 Å². The summed E-state index contributed by atoms with van der Waals surface area (Å²) < 4.78 is 59.4. The van der Waals surface area contributed by atoms with Gasteiger partial charge in [-0.2, -0.15) is 23.8 Å². The van der Waals surface area contributed by atoms with Crippen LogP contribution < -0.4 is 10.9 Å². The molecule has 0 saturated heterocycles. The van der Waals surface area contributed by atoms with Crippen molar-refractivity contribution >= 4 is 22.5 Å². The number of rotatable bonds is 5. The van der Waals surface area contributed by atoms with Gasteiger partial charge in [0.05, 0.1) is 23.6 Å². The number of carbonyl (C=O) groups excluding carboxylic acids is 1. The number of nitrogens with one attached hydrogen (secondary N) is 1. The molecule has 5 N–H and O–H groups in total. The first-order chi connectivity index (χ1) is 14.3. The molecule has 1 aliphatic rings. The molecule has 2 heterocycles. The molecule has 1 aliphatic heterocycles. The van der Waals surface area contributed by atoms with Gasteiger partial charge < -0.3 is 20.1 Å². The van der Waals surface area contributed by atoms with Crippen LogP contribution in [0.25, 0.3) is 0 Å². The molecule has 0 fully saturated rings. The standard InChI is InChI=1S/C18H17F3N2O7S/c19-18(20,21)10-3-1-9(2-4-10)6-23-12-8-31(29,30)7-11(12)15(26)14(17(23)28)16(27)22-5-13(24)25/h1-4,26,29-30H,5-8H2,(H,22,27)(H,24,25). The van der Waals surface area contributed by atoms with Crippen molar-refractivity contribution in [3.05, 3.63) is 62.6 Å². The number of fused-ring (bicyclic) bond motifs is 1. The maximum atomic E-state index is 12.9. The molecule has 3 rings (SSSR count). The van der Waals surface area contributed by atoms with Gasteiger partial charge in [0.25, 0.3) is 11.5 Å². The first-order valence-electron chi connectivity index (χ1n) is 8.67. The number of carboxylic acid groups (broad SMARTS) is 1. The molecule has 0 saturated carbocycles. The number of benzene rings is 1. The third-order valence-corrected chi connectivity index (χ3v) is 6.14. The number of nitrogens with zero attached hydrogens (tertiary/aromatic N) is 1. The fraction of sp³-hybridized carbons (Fsp3) is 0.278. The van der Waals surface area contributed by atoms with Gasteiger partial charge in [-0.05, 0) is 17.7 Å². The molecule has 0 bridgehead atoms. The van der Waals surface area contributed by atoms with Crippen molar-refractivity contribution in [1.29, 1.82) is 0 Å². The second-order valence-electron chi connectivity index (χ2n) is 6.90. The minimum Gasteiger partial charge on any atom is -0.506 e. The Morgan fingerprint density at radius 1 is 1.13 bits per heavy atom. The van der Waals surface area contributed by atoms with Crippen molar-refractivity contribution in [2.75, 3.05) is 6.54 Å². The molecule has 0 radical (unpaired) electrons. The molecule has 31 heavy (non-hydrogen) atoms. The number of carboxylic acids is 1. The lowest BCUT2D eigenvalue weighted by Gasteiger charge is -2.25. The van der Waals surface area contributed by atoms with Crippen LogP contribution >= 0.6 is 10.6 Å². The smallest absolute Gasteiger partial charge is 0.416 e. The molecule has 0 spiro atoms. The summed E-state index contributed by atoms with van der Waals surface area (Å²) >= 11 is 0. The normalized spacial score (nSPS) is 15.9. The summed E-state index contributed by atoms with van der Waals surface area (Å²) in [6.45, 7) is -1.14. The van der Waals surface area contributed by atoms with E-state index < -0.39 is 63.4 Å². The van der Waals surface area contributed by atoms with E-state index in [0.717, 1.165) is 28.8 Å². The van der Waals surface area contributed by atoms with E-state index in [0.29, 0.717) is 0 Å². The molecule has 0 atom stereocenters. The van der Waals surface area contributed by atoms with Crippen LogP contribution in [0.2, 0.25) is 0 Å². The third kappa shape index (κ3) is 4.68. The maximum absolute atomic E-state index is 12.9. The molecule has 168 valence electrons. The second-order valence-corrected chi connectivity index (χ2v) is 9.08. The van der Waals surface area contributed by atoms with Crippen LogP contribution in [-0.4, -0.2) is 42.3 Å². The summed E-state index contributed by atoms with van der Waals surface area (Å²) in [7, 11) is -3.25. The van der Waals surface area contributed by atoms with Crippen molar-refractivity contribution in [3.63, 3.8) is 0 Å². The summed E-state index contributed by atoms with van der Waals surface area (Å²) in [5, 5.41) is 21.1. The van der Waals surface area contributed by atoms with Crippen LogP contribution in [0.5, 0.6) is 5.75 Å². The number of carbonyl (C=O) groups is 2. The first kappa shape index (κ1) is 22.7. The SMILES string of the molecule is O=C(O)CNC(=O)c1c(O)c2c(n(Cc3ccc(C(F)(F)F)cc3)c1=O)CS(O)(O)C2. The fourth-order valence-electron chi connectivity index (χ4n) is 3.23. The van der Waals surface area contributed by atoms with Crippen molar-refractivity contribution in [3.8, 4) is 5.75 Å². The highest BCUT2D eigenvalue weighted by Crippen LogP contribution is 2.54. The zero-order valence-electron chi connectivity index (χ0n) is 15.6. The van der Waals surface area contributed by atoms with Crippen molar-refractivity contribution in [2.45, 2.75) is 24.2 Å². The second kappa shape index (κ2) is 7.90. The average molecular weight is 462 g/mol. The van der Waals surface area contributed by atoms with Gasteiger partial charge in [-0.15, -0.1) is 0 Å². The molecule has 1 amide bonds. The zero-order chi connectivity index (χ0) is 23.1. The highest BCUT2D eigenvalue weighted by atomic mass is 32.3. The summed E-state index contributed by atoms with van der Waals surface area (Å²) in [5.41, 5.74) is -2.50. The lowest BCUT2D eigenvalue weighted by atomic mass is 10.1. The lowest BCUT2D eigenvalue weighted by molar-refractivity contribution is -0.138. The Hall–Kier alpha value is -3.03. The number of pyridine rings is 1. The summed E-state index contributed by atoms with van der Waals surface area (Å²) in [5.74, 6) is -4.18. The maximum Gasteiger partial charge on any atom is 0.416 e. The van der Waals surface area contributed by atoms with Gasteiger partial charge in [-0.25, -0.2) is 0 Å². The van der Waals surface area contributed by atoms with E-state index in [1.165, 1.54) is 0 Å². The van der Waals surface area contributed by atoms with Crippen LogP contribution in [0.4, 0.5) is 13.2 Å². The predicted octanol–water partition coefficient (Wildman–Crippen LogP) is 2.20. The van der Waals surface area contributed by atoms with Gasteiger partial charge in [0.1, 0.15) is 17.9 Å². The minimum atomic E-state index is -4.55. The molecule has 0 aliphatic carbocycles. The van der Waals surface area contributed by atoms with Gasteiger partial charge >= 0.3 is 12.1 Å². The minimum absolute atomic E-state index is 0.0391. The topological polar surface area (TPSA) is 149 Å². The number of aromatic hydroxyl groups is 1. The van der Waals surface area contributed by atoms with E-state index in [4.69, 9.17) is 5.11 Å². The van der Waals surface area contributed by atoms with E-state index in [1.807, 2.05) is 5.32 Å². The molecule has 2 aromatic rings. The largest absolute Gasteiger partial charge is 0.506 e. The number of hydrogen-bond acceptors (Lipinski definition) is 6. The molecule has 0 unspecified atom stereocenters. The van der Waals surface area contributed by atoms with Crippen LogP contribution in [0, 0.1) is 0 Å². The van der Waals surface area contributed by atoms with Gasteiger partial charge in [0.2, 0.25) is 0 Å².